The molecule has 3 atom stereocenters. The highest BCUT2D eigenvalue weighted by atomic mass is 35.5. The number of ether oxygens (including phenoxy) is 1. The molecule has 3 unspecified atom stereocenters. The van der Waals surface area contributed by atoms with Gasteiger partial charge in [-0.15, -0.1) is 24.8 Å². The minimum absolute atomic E-state index is 0. The summed E-state index contributed by atoms with van der Waals surface area (Å²) in [5, 5.41) is 3.28. The Kier molecular flexibility index (Phi) is 9.19. The summed E-state index contributed by atoms with van der Waals surface area (Å²) in [6.45, 7) is 3.88. The standard InChI is InChI=1S/C20H31N3O2.2ClH/c1-20(21)11-4-3-10-18(20)19(24)22-15-7-6-12-23(14-15)16-8-5-9-17(13-16)25-2;;/h5,8-9,13,15,18H,3-4,6-7,10-12,14,21H2,1-2H3,(H,22,24);2*1H. The first-order valence-corrected chi connectivity index (χ1v) is 9.48. The predicted octanol–water partition coefficient (Wildman–Crippen LogP) is 3.53. The van der Waals surface area contributed by atoms with Crippen molar-refractivity contribution in [1.29, 1.82) is 0 Å². The molecule has 2 aliphatic rings. The molecule has 1 saturated carbocycles. The summed E-state index contributed by atoms with van der Waals surface area (Å²) >= 11 is 0. The number of carbonyl (C=O) groups is 1. The number of nitrogens with zero attached hydrogens (tertiary/aromatic N) is 1. The van der Waals surface area contributed by atoms with E-state index >= 15 is 0 Å². The fraction of sp³-hybridized carbons (Fsp3) is 0.650. The smallest absolute Gasteiger partial charge is 0.225 e. The molecule has 0 radical (unpaired) electrons. The first kappa shape index (κ1) is 23.9. The number of nitrogens with two attached hydrogens (primary N) is 1. The van der Waals surface area contributed by atoms with Crippen LogP contribution in [0.15, 0.2) is 24.3 Å². The minimum atomic E-state index is -0.372. The van der Waals surface area contributed by atoms with E-state index in [2.05, 4.69) is 22.3 Å². The van der Waals surface area contributed by atoms with Gasteiger partial charge in [-0.25, -0.2) is 0 Å². The molecule has 7 heteroatoms. The van der Waals surface area contributed by atoms with Crippen LogP contribution in [0.25, 0.3) is 0 Å². The third-order valence-corrected chi connectivity index (χ3v) is 5.76. The molecule has 27 heavy (non-hydrogen) atoms. The molecule has 1 amide bonds. The van der Waals surface area contributed by atoms with Gasteiger partial charge in [0.25, 0.3) is 0 Å². The Morgan fingerprint density at radius 2 is 2.04 bits per heavy atom. The topological polar surface area (TPSA) is 67.6 Å². The van der Waals surface area contributed by atoms with Gasteiger partial charge in [0.15, 0.2) is 0 Å². The number of amides is 1. The third kappa shape index (κ3) is 5.90. The molecule has 1 saturated heterocycles. The zero-order valence-corrected chi connectivity index (χ0v) is 17.9. The van der Waals surface area contributed by atoms with Crippen LogP contribution >= 0.6 is 24.8 Å². The van der Waals surface area contributed by atoms with E-state index in [1.54, 1.807) is 7.11 Å². The van der Waals surface area contributed by atoms with Gasteiger partial charge in [-0.05, 0) is 44.7 Å². The molecule has 1 heterocycles. The van der Waals surface area contributed by atoms with Crippen LogP contribution in [0.4, 0.5) is 5.69 Å². The van der Waals surface area contributed by atoms with Gasteiger partial charge in [0.1, 0.15) is 5.75 Å². The lowest BCUT2D eigenvalue weighted by Crippen LogP contribution is -2.56. The van der Waals surface area contributed by atoms with E-state index in [4.69, 9.17) is 10.5 Å². The van der Waals surface area contributed by atoms with Crippen molar-refractivity contribution < 1.29 is 9.53 Å². The predicted molar refractivity (Wildman–Crippen MR) is 115 cm³/mol. The summed E-state index contributed by atoms with van der Waals surface area (Å²) in [7, 11) is 1.69. The van der Waals surface area contributed by atoms with Crippen LogP contribution in [0, 0.1) is 5.92 Å². The molecule has 0 aromatic heterocycles. The highest BCUT2D eigenvalue weighted by molar-refractivity contribution is 5.85. The van der Waals surface area contributed by atoms with Crippen molar-refractivity contribution in [3.8, 4) is 5.75 Å². The molecule has 0 bridgehead atoms. The Bertz CT molecular complexity index is 613. The van der Waals surface area contributed by atoms with Crippen molar-refractivity contribution >= 4 is 36.4 Å². The molecule has 0 spiro atoms. The van der Waals surface area contributed by atoms with E-state index in [-0.39, 0.29) is 48.2 Å². The van der Waals surface area contributed by atoms with Gasteiger partial charge in [0.2, 0.25) is 5.91 Å². The zero-order chi connectivity index (χ0) is 17.9. The number of piperidine rings is 1. The summed E-state index contributed by atoms with van der Waals surface area (Å²) in [6, 6.07) is 8.31. The van der Waals surface area contributed by atoms with Crippen LogP contribution < -0.4 is 20.7 Å². The van der Waals surface area contributed by atoms with E-state index in [0.717, 1.165) is 63.1 Å². The van der Waals surface area contributed by atoms with Crippen molar-refractivity contribution in [3.05, 3.63) is 24.3 Å². The number of carbonyl (C=O) groups excluding carboxylic acids is 1. The van der Waals surface area contributed by atoms with Crippen LogP contribution in [-0.2, 0) is 4.79 Å². The van der Waals surface area contributed by atoms with E-state index < -0.39 is 0 Å². The lowest BCUT2D eigenvalue weighted by molar-refractivity contribution is -0.128. The SMILES string of the molecule is COc1cccc(N2CCCC(NC(=O)C3CCCCC3(C)N)C2)c1.Cl.Cl. The summed E-state index contributed by atoms with van der Waals surface area (Å²) in [5.74, 6) is 0.945. The first-order valence-electron chi connectivity index (χ1n) is 9.48. The summed E-state index contributed by atoms with van der Waals surface area (Å²) in [5.41, 5.74) is 7.17. The van der Waals surface area contributed by atoms with Gasteiger partial charge >= 0.3 is 0 Å². The van der Waals surface area contributed by atoms with Crippen molar-refractivity contribution in [2.45, 2.75) is 57.0 Å². The summed E-state index contributed by atoms with van der Waals surface area (Å²) in [6.07, 6.45) is 6.18. The van der Waals surface area contributed by atoms with Gasteiger partial charge in [-0.1, -0.05) is 18.9 Å². The van der Waals surface area contributed by atoms with Gasteiger partial charge in [0.05, 0.1) is 13.0 Å². The Morgan fingerprint density at radius 3 is 2.74 bits per heavy atom. The molecule has 1 aliphatic heterocycles. The number of rotatable bonds is 4. The molecular weight excluding hydrogens is 385 g/mol. The molecule has 3 rings (SSSR count). The van der Waals surface area contributed by atoms with Crippen molar-refractivity contribution in [1.82, 2.24) is 5.32 Å². The second-order valence-corrected chi connectivity index (χ2v) is 7.80. The summed E-state index contributed by atoms with van der Waals surface area (Å²) < 4.78 is 5.33. The van der Waals surface area contributed by atoms with Crippen LogP contribution in [0.3, 0.4) is 0 Å². The highest BCUT2D eigenvalue weighted by Gasteiger charge is 2.38. The maximum Gasteiger partial charge on any atom is 0.225 e. The molecule has 2 fully saturated rings. The van der Waals surface area contributed by atoms with Gasteiger partial charge in [0, 0.05) is 36.4 Å². The van der Waals surface area contributed by atoms with E-state index in [9.17, 15) is 4.79 Å². The van der Waals surface area contributed by atoms with E-state index in [1.807, 2.05) is 19.1 Å². The fourth-order valence-electron chi connectivity index (χ4n) is 4.23. The van der Waals surface area contributed by atoms with Crippen LogP contribution in [0.5, 0.6) is 5.75 Å². The van der Waals surface area contributed by atoms with Crippen molar-refractivity contribution in [3.63, 3.8) is 0 Å². The van der Waals surface area contributed by atoms with E-state index in [0.29, 0.717) is 0 Å². The van der Waals surface area contributed by atoms with Crippen LogP contribution in [0.1, 0.15) is 45.4 Å². The van der Waals surface area contributed by atoms with E-state index in [1.165, 1.54) is 0 Å². The molecule has 3 N–H and O–H groups in total. The maximum atomic E-state index is 12.8. The largest absolute Gasteiger partial charge is 0.497 e. The molecular formula is C20H33Cl2N3O2. The van der Waals surface area contributed by atoms with Crippen LogP contribution in [0.2, 0.25) is 0 Å². The second kappa shape index (κ2) is 10.4. The average Bonchev–Trinajstić information content (AvgIpc) is 2.61. The van der Waals surface area contributed by atoms with Crippen molar-refractivity contribution in [2.24, 2.45) is 11.7 Å². The highest BCUT2D eigenvalue weighted by Crippen LogP contribution is 2.32. The Hall–Kier alpha value is -1.17. The molecule has 1 aliphatic carbocycles. The van der Waals surface area contributed by atoms with Crippen molar-refractivity contribution in [2.75, 3.05) is 25.1 Å². The number of nitrogens with one attached hydrogen (secondary N) is 1. The lowest BCUT2D eigenvalue weighted by Gasteiger charge is -2.40. The van der Waals surface area contributed by atoms with Gasteiger partial charge < -0.3 is 20.7 Å². The minimum Gasteiger partial charge on any atom is -0.497 e. The monoisotopic (exact) mass is 417 g/mol. The molecule has 5 nitrogen and oxygen atoms in total. The zero-order valence-electron chi connectivity index (χ0n) is 16.3. The number of benzene rings is 1. The number of halogens is 2. The number of anilines is 1. The van der Waals surface area contributed by atoms with Crippen LogP contribution in [-0.4, -0.2) is 37.7 Å². The maximum absolute atomic E-state index is 12.8. The normalized spacial score (nSPS) is 27.7. The first-order chi connectivity index (χ1) is 12.0. The number of hydrogen-bond donors (Lipinski definition) is 2. The molecule has 1 aromatic rings. The number of methoxy groups -OCH3 is 1. The van der Waals surface area contributed by atoms with Gasteiger partial charge in [-0.3, -0.25) is 4.79 Å². The quantitative estimate of drug-likeness (QED) is 0.785. The molecule has 1 aromatic carbocycles. The fourth-order valence-corrected chi connectivity index (χ4v) is 4.23. The average molecular weight is 418 g/mol. The lowest BCUT2D eigenvalue weighted by atomic mass is 9.74. The second-order valence-electron chi connectivity index (χ2n) is 7.80. The Morgan fingerprint density at radius 1 is 1.26 bits per heavy atom. The number of hydrogen-bond acceptors (Lipinski definition) is 4. The van der Waals surface area contributed by atoms with Gasteiger partial charge in [-0.2, -0.15) is 0 Å². The Labute approximate surface area is 175 Å². The Balaban J connectivity index is 0.00000182. The molecule has 154 valence electrons. The third-order valence-electron chi connectivity index (χ3n) is 5.76. The summed E-state index contributed by atoms with van der Waals surface area (Å²) in [4.78, 5) is 15.1.